The minimum atomic E-state index is -0.384. The van der Waals surface area contributed by atoms with E-state index in [2.05, 4.69) is 11.9 Å². The molecule has 0 saturated carbocycles. The van der Waals surface area contributed by atoms with E-state index in [0.29, 0.717) is 5.56 Å². The molecule has 0 aliphatic carbocycles. The van der Waals surface area contributed by atoms with Crippen LogP contribution in [-0.2, 0) is 4.74 Å². The average Bonchev–Trinajstić information content (AvgIpc) is 2.05. The maximum absolute atomic E-state index is 11.2. The van der Waals surface area contributed by atoms with Crippen molar-refractivity contribution >= 4 is 5.97 Å². The Bertz CT molecular complexity index is 256. The van der Waals surface area contributed by atoms with Crippen LogP contribution >= 0.6 is 0 Å². The molecule has 1 aromatic heterocycles. The number of hydrogen-bond acceptors (Lipinski definition) is 3. The van der Waals surface area contributed by atoms with Gasteiger partial charge in [-0.1, -0.05) is 0 Å². The zero-order valence-electron chi connectivity index (χ0n) is 6.86. The van der Waals surface area contributed by atoms with Crippen molar-refractivity contribution in [1.29, 1.82) is 0 Å². The monoisotopic (exact) mass is 164 g/mol. The molecule has 1 heterocycles. The van der Waals surface area contributed by atoms with E-state index in [9.17, 15) is 4.79 Å². The Morgan fingerprint density at radius 2 is 2.50 bits per heavy atom. The number of aromatic nitrogens is 1. The van der Waals surface area contributed by atoms with Gasteiger partial charge >= 0.3 is 5.97 Å². The van der Waals surface area contributed by atoms with Crippen LogP contribution in [0.15, 0.2) is 24.5 Å². The van der Waals surface area contributed by atoms with Crippen LogP contribution in [0.5, 0.6) is 0 Å². The van der Waals surface area contributed by atoms with Crippen molar-refractivity contribution in [2.24, 2.45) is 0 Å². The first-order valence-electron chi connectivity index (χ1n) is 3.64. The Morgan fingerprint density at radius 3 is 3.00 bits per heavy atom. The van der Waals surface area contributed by atoms with Crippen molar-refractivity contribution in [1.82, 2.24) is 4.98 Å². The van der Waals surface area contributed by atoms with E-state index in [1.807, 2.05) is 0 Å². The molecule has 1 aromatic rings. The third-order valence-electron chi connectivity index (χ3n) is 1.21. The summed E-state index contributed by atoms with van der Waals surface area (Å²) in [6.45, 7) is 5.24. The lowest BCUT2D eigenvalue weighted by molar-refractivity contribution is 0.0420. The molecule has 1 atom stereocenters. The van der Waals surface area contributed by atoms with Crippen molar-refractivity contribution in [3.05, 3.63) is 37.0 Å². The molecule has 0 aliphatic heterocycles. The number of hydrogen-bond donors (Lipinski definition) is 0. The van der Waals surface area contributed by atoms with Gasteiger partial charge in [-0.15, -0.1) is 0 Å². The molecule has 0 bridgehead atoms. The highest BCUT2D eigenvalue weighted by Crippen LogP contribution is 2.00. The van der Waals surface area contributed by atoms with Gasteiger partial charge in [0.25, 0.3) is 0 Å². The summed E-state index contributed by atoms with van der Waals surface area (Å²) in [4.78, 5) is 14.9. The summed E-state index contributed by atoms with van der Waals surface area (Å²) in [7, 11) is 0. The lowest BCUT2D eigenvalue weighted by Crippen LogP contribution is -2.11. The van der Waals surface area contributed by atoms with Gasteiger partial charge in [-0.2, -0.15) is 0 Å². The van der Waals surface area contributed by atoms with Crippen LogP contribution in [0.3, 0.4) is 0 Å². The first-order chi connectivity index (χ1) is 5.70. The second-order valence-electron chi connectivity index (χ2n) is 2.46. The highest BCUT2D eigenvalue weighted by molar-refractivity contribution is 5.89. The Balaban J connectivity index is 2.66. The maximum atomic E-state index is 11.2. The third kappa shape index (κ3) is 2.34. The van der Waals surface area contributed by atoms with E-state index in [-0.39, 0.29) is 12.1 Å². The summed E-state index contributed by atoms with van der Waals surface area (Å²) >= 11 is 0. The number of pyridine rings is 1. The molecule has 3 nitrogen and oxygen atoms in total. The van der Waals surface area contributed by atoms with Gasteiger partial charge in [0.2, 0.25) is 0 Å². The van der Waals surface area contributed by atoms with Crippen molar-refractivity contribution in [3.63, 3.8) is 0 Å². The number of nitrogens with zero attached hydrogens (tertiary/aromatic N) is 1. The third-order valence-corrected chi connectivity index (χ3v) is 1.21. The second-order valence-corrected chi connectivity index (χ2v) is 2.46. The molecular formula is C9H10NO2. The quantitative estimate of drug-likeness (QED) is 0.621. The molecule has 3 heteroatoms. The molecule has 0 saturated heterocycles. The molecule has 0 N–H and O–H groups in total. The zero-order valence-corrected chi connectivity index (χ0v) is 6.86. The minimum absolute atomic E-state index is 0.335. The molecule has 0 fully saturated rings. The Labute approximate surface area is 71.4 Å². The highest BCUT2D eigenvalue weighted by atomic mass is 16.5. The second kappa shape index (κ2) is 3.85. The summed E-state index contributed by atoms with van der Waals surface area (Å²) < 4.78 is 4.85. The molecule has 1 radical (unpaired) electrons. The zero-order chi connectivity index (χ0) is 8.97. The lowest BCUT2D eigenvalue weighted by atomic mass is 10.3. The Hall–Kier alpha value is -1.38. The molecule has 0 spiro atoms. The van der Waals surface area contributed by atoms with Gasteiger partial charge < -0.3 is 4.74 Å². The molecular weight excluding hydrogens is 154 g/mol. The normalized spacial score (nSPS) is 9.92. The summed E-state index contributed by atoms with van der Waals surface area (Å²) in [5.74, 6) is -0.384. The first kappa shape index (κ1) is 8.71. The van der Waals surface area contributed by atoms with E-state index >= 15 is 0 Å². The highest BCUT2D eigenvalue weighted by Gasteiger charge is 2.07. The maximum Gasteiger partial charge on any atom is 0.339 e. The van der Waals surface area contributed by atoms with Crippen LogP contribution in [-0.4, -0.2) is 17.1 Å². The topological polar surface area (TPSA) is 39.2 Å². The van der Waals surface area contributed by atoms with E-state index in [1.165, 1.54) is 6.20 Å². The van der Waals surface area contributed by atoms with Gasteiger partial charge in [-0.3, -0.25) is 4.98 Å². The predicted molar refractivity (Wildman–Crippen MR) is 44.5 cm³/mol. The fraction of sp³-hybridized carbons (Fsp3) is 0.222. The molecule has 63 valence electrons. The molecule has 12 heavy (non-hydrogen) atoms. The number of carbonyl (C=O) groups is 1. The molecule has 1 rings (SSSR count). The Kier molecular flexibility index (Phi) is 2.80. The van der Waals surface area contributed by atoms with Gasteiger partial charge in [-0.05, 0) is 26.0 Å². The number of esters is 1. The summed E-state index contributed by atoms with van der Waals surface area (Å²) in [6, 6.07) is 3.34. The largest absolute Gasteiger partial charge is 0.459 e. The smallest absolute Gasteiger partial charge is 0.339 e. The molecule has 0 amide bonds. The average molecular weight is 164 g/mol. The summed E-state index contributed by atoms with van der Waals surface area (Å²) in [5.41, 5.74) is 0.452. The summed E-state index contributed by atoms with van der Waals surface area (Å²) in [5, 5.41) is 0. The van der Waals surface area contributed by atoms with Gasteiger partial charge in [0.1, 0.15) is 0 Å². The van der Waals surface area contributed by atoms with Gasteiger partial charge in [0, 0.05) is 12.4 Å². The first-order valence-corrected chi connectivity index (χ1v) is 3.64. The van der Waals surface area contributed by atoms with Crippen LogP contribution < -0.4 is 0 Å². The van der Waals surface area contributed by atoms with Crippen LogP contribution in [0.4, 0.5) is 0 Å². The van der Waals surface area contributed by atoms with Gasteiger partial charge in [-0.25, -0.2) is 4.79 Å². The molecule has 0 aliphatic rings. The van der Waals surface area contributed by atoms with E-state index in [0.717, 1.165) is 0 Å². The van der Waals surface area contributed by atoms with Gasteiger partial charge in [0.05, 0.1) is 11.7 Å². The van der Waals surface area contributed by atoms with Crippen LogP contribution in [0.2, 0.25) is 0 Å². The number of rotatable bonds is 2. The van der Waals surface area contributed by atoms with Crippen LogP contribution in [0.25, 0.3) is 0 Å². The molecule has 0 aromatic carbocycles. The predicted octanol–water partition coefficient (Wildman–Crippen LogP) is 1.46. The van der Waals surface area contributed by atoms with Crippen LogP contribution in [0, 0.1) is 6.92 Å². The molecule has 0 unspecified atom stereocenters. The fourth-order valence-electron chi connectivity index (χ4n) is 0.734. The van der Waals surface area contributed by atoms with Crippen molar-refractivity contribution in [2.45, 2.75) is 13.0 Å². The van der Waals surface area contributed by atoms with Crippen molar-refractivity contribution in [2.75, 3.05) is 0 Å². The fourth-order valence-corrected chi connectivity index (χ4v) is 0.734. The SMILES string of the molecule is [CH2][C@H](C)OC(=O)c1cccnc1. The summed E-state index contributed by atoms with van der Waals surface area (Å²) in [6.07, 6.45) is 2.73. The van der Waals surface area contributed by atoms with E-state index < -0.39 is 0 Å². The standard InChI is InChI=1S/C9H10NO2/c1-7(2)12-9(11)8-4-3-5-10-6-8/h3-7H,1H2,2H3/t7-/m1/s1. The van der Waals surface area contributed by atoms with E-state index in [1.54, 1.807) is 25.3 Å². The number of ether oxygens (including phenoxy) is 1. The Morgan fingerprint density at radius 1 is 1.75 bits per heavy atom. The van der Waals surface area contributed by atoms with Crippen molar-refractivity contribution in [3.8, 4) is 0 Å². The van der Waals surface area contributed by atoms with Crippen LogP contribution in [0.1, 0.15) is 17.3 Å². The van der Waals surface area contributed by atoms with Crippen molar-refractivity contribution < 1.29 is 9.53 Å². The number of carbonyl (C=O) groups excluding carboxylic acids is 1. The van der Waals surface area contributed by atoms with Gasteiger partial charge in [0.15, 0.2) is 0 Å². The van der Waals surface area contributed by atoms with E-state index in [4.69, 9.17) is 4.74 Å². The minimum Gasteiger partial charge on any atom is -0.459 e. The lowest BCUT2D eigenvalue weighted by Gasteiger charge is -2.06.